The molecule has 1 aromatic rings. The summed E-state index contributed by atoms with van der Waals surface area (Å²) in [4.78, 5) is 27.2. The van der Waals surface area contributed by atoms with Crippen molar-refractivity contribution in [1.29, 1.82) is 0 Å². The summed E-state index contributed by atoms with van der Waals surface area (Å²) in [7, 11) is 0. The molecule has 0 spiro atoms. The Kier molecular flexibility index (Phi) is 1.70. The molecule has 0 aromatic carbocycles. The molecule has 0 aliphatic carbocycles. The van der Waals surface area contributed by atoms with Gasteiger partial charge in [0.2, 0.25) is 5.91 Å². The van der Waals surface area contributed by atoms with E-state index in [1.165, 1.54) is 11.1 Å². The van der Waals surface area contributed by atoms with Crippen molar-refractivity contribution in [2.45, 2.75) is 0 Å². The van der Waals surface area contributed by atoms with Crippen molar-refractivity contribution in [3.05, 3.63) is 24.5 Å². The molecule has 13 heavy (non-hydrogen) atoms. The van der Waals surface area contributed by atoms with Gasteiger partial charge in [0.1, 0.15) is 6.54 Å². The van der Waals surface area contributed by atoms with Crippen LogP contribution in [0.5, 0.6) is 0 Å². The molecule has 0 bridgehead atoms. The van der Waals surface area contributed by atoms with Gasteiger partial charge in [-0.05, 0) is 12.1 Å². The number of hydrogen-bond acceptors (Lipinski definition) is 3. The first-order chi connectivity index (χ1) is 6.27. The van der Waals surface area contributed by atoms with Gasteiger partial charge < -0.3 is 0 Å². The molecule has 1 aliphatic heterocycles. The molecular weight excluding hydrogens is 170 g/mol. The number of pyridine rings is 1. The highest BCUT2D eigenvalue weighted by Gasteiger charge is 2.27. The normalized spacial score (nSPS) is 16.2. The maximum atomic E-state index is 11.2. The Hall–Kier alpha value is -1.91. The van der Waals surface area contributed by atoms with Crippen molar-refractivity contribution in [2.75, 3.05) is 11.4 Å². The van der Waals surface area contributed by atoms with E-state index in [1.807, 2.05) is 0 Å². The van der Waals surface area contributed by atoms with Gasteiger partial charge in [0, 0.05) is 6.20 Å². The van der Waals surface area contributed by atoms with Gasteiger partial charge in [-0.3, -0.25) is 20.0 Å². The van der Waals surface area contributed by atoms with Crippen molar-refractivity contribution < 1.29 is 9.59 Å². The van der Waals surface area contributed by atoms with Crippen molar-refractivity contribution in [2.24, 2.45) is 0 Å². The molecule has 1 aliphatic rings. The van der Waals surface area contributed by atoms with E-state index in [4.69, 9.17) is 0 Å². The van der Waals surface area contributed by atoms with Gasteiger partial charge in [0.15, 0.2) is 0 Å². The van der Waals surface area contributed by atoms with Gasteiger partial charge >= 0.3 is 6.03 Å². The first kappa shape index (κ1) is 7.72. The first-order valence-corrected chi connectivity index (χ1v) is 3.79. The van der Waals surface area contributed by atoms with Crippen LogP contribution in [0.2, 0.25) is 0 Å². The third kappa shape index (κ3) is 1.35. The lowest BCUT2D eigenvalue weighted by Gasteiger charge is -2.11. The smallest absolute Gasteiger partial charge is 0.283 e. The SMILES string of the molecule is O=C1CN(c2cccnc2)C(=O)N1. The molecule has 1 saturated heterocycles. The minimum absolute atomic E-state index is 0.0739. The van der Waals surface area contributed by atoms with E-state index in [0.29, 0.717) is 5.69 Å². The van der Waals surface area contributed by atoms with Crippen LogP contribution in [0.3, 0.4) is 0 Å². The van der Waals surface area contributed by atoms with Crippen molar-refractivity contribution in [3.8, 4) is 0 Å². The van der Waals surface area contributed by atoms with Crippen LogP contribution in [0.1, 0.15) is 0 Å². The average Bonchev–Trinajstić information content (AvgIpc) is 2.47. The minimum Gasteiger partial charge on any atom is -0.283 e. The van der Waals surface area contributed by atoms with Gasteiger partial charge in [-0.2, -0.15) is 0 Å². The van der Waals surface area contributed by atoms with Crippen molar-refractivity contribution >= 4 is 17.6 Å². The van der Waals surface area contributed by atoms with Crippen LogP contribution < -0.4 is 10.2 Å². The van der Waals surface area contributed by atoms with Crippen LogP contribution in [-0.2, 0) is 4.79 Å². The summed E-state index contributed by atoms with van der Waals surface area (Å²) in [5.41, 5.74) is 0.630. The maximum Gasteiger partial charge on any atom is 0.329 e. The molecule has 0 atom stereocenters. The summed E-state index contributed by atoms with van der Waals surface area (Å²) in [6.45, 7) is 0.0739. The zero-order chi connectivity index (χ0) is 9.26. The number of anilines is 1. The predicted octanol–water partition coefficient (Wildman–Crippen LogP) is 0.138. The number of amides is 3. The monoisotopic (exact) mass is 177 g/mol. The molecule has 5 nitrogen and oxygen atoms in total. The molecule has 5 heteroatoms. The predicted molar refractivity (Wildman–Crippen MR) is 45.1 cm³/mol. The summed E-state index contributed by atoms with van der Waals surface area (Å²) >= 11 is 0. The fourth-order valence-corrected chi connectivity index (χ4v) is 1.16. The fourth-order valence-electron chi connectivity index (χ4n) is 1.16. The van der Waals surface area contributed by atoms with Gasteiger partial charge in [-0.15, -0.1) is 0 Å². The van der Waals surface area contributed by atoms with Gasteiger partial charge in [0.25, 0.3) is 0 Å². The first-order valence-electron chi connectivity index (χ1n) is 3.79. The Bertz CT molecular complexity index is 350. The molecule has 0 radical (unpaired) electrons. The number of carbonyl (C=O) groups excluding carboxylic acids is 2. The van der Waals surface area contributed by atoms with E-state index in [1.54, 1.807) is 18.3 Å². The van der Waals surface area contributed by atoms with Crippen molar-refractivity contribution in [3.63, 3.8) is 0 Å². The maximum absolute atomic E-state index is 11.2. The van der Waals surface area contributed by atoms with Crippen LogP contribution in [0.4, 0.5) is 10.5 Å². The molecule has 3 amide bonds. The number of urea groups is 1. The molecule has 2 heterocycles. The quantitative estimate of drug-likeness (QED) is 0.620. The molecule has 66 valence electrons. The molecule has 2 rings (SSSR count). The highest BCUT2D eigenvalue weighted by molar-refractivity contribution is 6.12. The Labute approximate surface area is 74.4 Å². The number of nitrogens with one attached hydrogen (secondary N) is 1. The van der Waals surface area contributed by atoms with Crippen LogP contribution in [0, 0.1) is 0 Å². The number of carbonyl (C=O) groups is 2. The summed E-state index contributed by atoms with van der Waals surface area (Å²) in [5.74, 6) is -0.283. The summed E-state index contributed by atoms with van der Waals surface area (Å²) in [6.07, 6.45) is 3.15. The molecule has 1 N–H and O–H groups in total. The standard InChI is InChI=1S/C8H7N3O2/c12-7-5-11(8(13)10-7)6-2-1-3-9-4-6/h1-4H,5H2,(H,10,12,13). The summed E-state index contributed by atoms with van der Waals surface area (Å²) < 4.78 is 0. The number of nitrogens with zero attached hydrogens (tertiary/aromatic N) is 2. The van der Waals surface area contributed by atoms with E-state index in [2.05, 4.69) is 10.3 Å². The topological polar surface area (TPSA) is 62.3 Å². The Morgan fingerprint density at radius 2 is 2.31 bits per heavy atom. The number of hydrogen-bond donors (Lipinski definition) is 1. The average molecular weight is 177 g/mol. The van der Waals surface area contributed by atoms with E-state index in [9.17, 15) is 9.59 Å². The molecule has 1 aromatic heterocycles. The van der Waals surface area contributed by atoms with Gasteiger partial charge in [0.05, 0.1) is 11.9 Å². The third-order valence-electron chi connectivity index (χ3n) is 1.75. The largest absolute Gasteiger partial charge is 0.329 e. The second kappa shape index (κ2) is 2.85. The van der Waals surface area contributed by atoms with Crippen LogP contribution in [0.15, 0.2) is 24.5 Å². The number of imide groups is 1. The molecule has 0 unspecified atom stereocenters. The molecular formula is C8H7N3O2. The van der Waals surface area contributed by atoms with Crippen LogP contribution >= 0.6 is 0 Å². The number of aromatic nitrogens is 1. The lowest BCUT2D eigenvalue weighted by Crippen LogP contribution is -2.27. The van der Waals surface area contributed by atoms with Crippen LogP contribution in [-0.4, -0.2) is 23.5 Å². The van der Waals surface area contributed by atoms with E-state index < -0.39 is 6.03 Å². The summed E-state index contributed by atoms with van der Waals surface area (Å²) in [5, 5.41) is 2.19. The highest BCUT2D eigenvalue weighted by atomic mass is 16.2. The fraction of sp³-hybridized carbons (Fsp3) is 0.125. The van der Waals surface area contributed by atoms with E-state index in [-0.39, 0.29) is 12.5 Å². The van der Waals surface area contributed by atoms with Gasteiger partial charge in [-0.25, -0.2) is 4.79 Å². The molecule has 0 saturated carbocycles. The van der Waals surface area contributed by atoms with Crippen LogP contribution in [0.25, 0.3) is 0 Å². The zero-order valence-corrected chi connectivity index (χ0v) is 6.73. The molecule has 1 fully saturated rings. The summed E-state index contributed by atoms with van der Waals surface area (Å²) in [6, 6.07) is 3.05. The second-order valence-corrected chi connectivity index (χ2v) is 2.65. The lowest BCUT2D eigenvalue weighted by atomic mass is 10.4. The Morgan fingerprint density at radius 1 is 1.46 bits per heavy atom. The highest BCUT2D eigenvalue weighted by Crippen LogP contribution is 2.13. The van der Waals surface area contributed by atoms with E-state index >= 15 is 0 Å². The Morgan fingerprint density at radius 3 is 2.85 bits per heavy atom. The van der Waals surface area contributed by atoms with Crippen molar-refractivity contribution in [1.82, 2.24) is 10.3 Å². The number of rotatable bonds is 1. The van der Waals surface area contributed by atoms with E-state index in [0.717, 1.165) is 0 Å². The lowest BCUT2D eigenvalue weighted by molar-refractivity contribution is -0.117. The third-order valence-corrected chi connectivity index (χ3v) is 1.75. The van der Waals surface area contributed by atoms with Gasteiger partial charge in [-0.1, -0.05) is 0 Å². The minimum atomic E-state index is -0.391. The zero-order valence-electron chi connectivity index (χ0n) is 6.73. The Balaban J connectivity index is 2.28. The second-order valence-electron chi connectivity index (χ2n) is 2.65.